The summed E-state index contributed by atoms with van der Waals surface area (Å²) in [6.45, 7) is 2.28. The first-order chi connectivity index (χ1) is 9.58. The van der Waals surface area contributed by atoms with Crippen LogP contribution in [0.2, 0.25) is 0 Å². The van der Waals surface area contributed by atoms with E-state index in [0.717, 1.165) is 25.4 Å². The van der Waals surface area contributed by atoms with Crippen LogP contribution in [-0.2, 0) is 4.79 Å². The summed E-state index contributed by atoms with van der Waals surface area (Å²) >= 11 is 0. The van der Waals surface area contributed by atoms with Gasteiger partial charge in [-0.15, -0.1) is 0 Å². The second kappa shape index (κ2) is 6.95. The molecule has 1 saturated heterocycles. The van der Waals surface area contributed by atoms with E-state index in [4.69, 9.17) is 5.11 Å². The molecule has 2 atom stereocenters. The van der Waals surface area contributed by atoms with Gasteiger partial charge in [0.2, 0.25) is 0 Å². The Balaban J connectivity index is 1.78. The van der Waals surface area contributed by atoms with Gasteiger partial charge in [-0.25, -0.2) is 4.79 Å². The molecule has 0 aromatic heterocycles. The molecule has 5 nitrogen and oxygen atoms in total. The highest BCUT2D eigenvalue weighted by Crippen LogP contribution is 2.36. The number of fused-ring (bicyclic) bond motifs is 1. The van der Waals surface area contributed by atoms with E-state index in [-0.39, 0.29) is 12.5 Å². The van der Waals surface area contributed by atoms with Crippen molar-refractivity contribution in [1.82, 2.24) is 9.80 Å². The minimum absolute atomic E-state index is 0.0689. The molecule has 2 fully saturated rings. The van der Waals surface area contributed by atoms with Crippen molar-refractivity contribution >= 4 is 12.0 Å². The average Bonchev–Trinajstić information content (AvgIpc) is 2.45. The lowest BCUT2D eigenvalue weighted by Gasteiger charge is -2.42. The predicted octanol–water partition coefficient (Wildman–Crippen LogP) is 2.42. The minimum atomic E-state index is -0.797. The molecule has 1 aliphatic carbocycles. The van der Waals surface area contributed by atoms with Crippen LogP contribution in [0.5, 0.6) is 0 Å². The number of urea groups is 1. The number of carboxylic acid groups (broad SMARTS) is 1. The number of rotatable bonds is 4. The Morgan fingerprint density at radius 3 is 2.60 bits per heavy atom. The van der Waals surface area contributed by atoms with Gasteiger partial charge in [0.05, 0.1) is 0 Å². The number of carbonyl (C=O) groups excluding carboxylic acids is 1. The molecule has 1 N–H and O–H groups in total. The number of nitrogens with zero attached hydrogens (tertiary/aromatic N) is 2. The van der Waals surface area contributed by atoms with Gasteiger partial charge in [-0.3, -0.25) is 4.79 Å². The maximum absolute atomic E-state index is 12.4. The highest BCUT2D eigenvalue weighted by molar-refractivity contribution is 5.74. The van der Waals surface area contributed by atoms with E-state index in [9.17, 15) is 9.59 Å². The maximum Gasteiger partial charge on any atom is 0.319 e. The Hall–Kier alpha value is -1.26. The Morgan fingerprint density at radius 1 is 1.20 bits per heavy atom. The summed E-state index contributed by atoms with van der Waals surface area (Å²) in [6, 6.07) is 0.0689. The van der Waals surface area contributed by atoms with E-state index in [2.05, 4.69) is 0 Å². The number of aliphatic carboxylic acids is 1. The molecule has 0 bridgehead atoms. The summed E-state index contributed by atoms with van der Waals surface area (Å²) in [7, 11) is 1.77. The summed E-state index contributed by atoms with van der Waals surface area (Å²) in [6.07, 6.45) is 7.04. The predicted molar refractivity (Wildman–Crippen MR) is 76.5 cm³/mol. The molecule has 1 aliphatic heterocycles. The normalized spacial score (nSPS) is 25.9. The molecule has 20 heavy (non-hydrogen) atoms. The first-order valence-corrected chi connectivity index (χ1v) is 7.79. The first-order valence-electron chi connectivity index (χ1n) is 7.79. The quantitative estimate of drug-likeness (QED) is 0.861. The molecule has 0 spiro atoms. The second-order valence-electron chi connectivity index (χ2n) is 6.24. The monoisotopic (exact) mass is 282 g/mol. The van der Waals surface area contributed by atoms with Gasteiger partial charge in [-0.2, -0.15) is 0 Å². The number of hydrogen-bond donors (Lipinski definition) is 1. The molecule has 0 aromatic rings. The Bertz CT molecular complexity index is 359. The van der Waals surface area contributed by atoms with Crippen LogP contribution in [0.4, 0.5) is 4.79 Å². The van der Waals surface area contributed by atoms with Gasteiger partial charge in [0.1, 0.15) is 0 Å². The van der Waals surface area contributed by atoms with Crippen molar-refractivity contribution in [1.29, 1.82) is 0 Å². The zero-order valence-corrected chi connectivity index (χ0v) is 12.4. The fraction of sp³-hybridized carbons (Fsp3) is 0.867. The number of hydrogen-bond acceptors (Lipinski definition) is 2. The van der Waals surface area contributed by atoms with Crippen LogP contribution < -0.4 is 0 Å². The van der Waals surface area contributed by atoms with Gasteiger partial charge in [0.25, 0.3) is 0 Å². The zero-order chi connectivity index (χ0) is 14.5. The first kappa shape index (κ1) is 15.1. The van der Waals surface area contributed by atoms with Crippen LogP contribution in [-0.4, -0.2) is 53.6 Å². The van der Waals surface area contributed by atoms with E-state index in [1.807, 2.05) is 4.90 Å². The smallest absolute Gasteiger partial charge is 0.319 e. The number of amides is 2. The molecule has 2 amide bonds. The molecule has 0 radical (unpaired) electrons. The number of carbonyl (C=O) groups is 2. The van der Waals surface area contributed by atoms with Crippen LogP contribution in [0.1, 0.15) is 44.9 Å². The minimum Gasteiger partial charge on any atom is -0.481 e. The molecule has 2 rings (SSSR count). The number of piperidine rings is 1. The Morgan fingerprint density at radius 2 is 1.90 bits per heavy atom. The van der Waals surface area contributed by atoms with Crippen molar-refractivity contribution in [2.75, 3.05) is 26.7 Å². The van der Waals surface area contributed by atoms with Crippen molar-refractivity contribution in [2.24, 2.45) is 11.8 Å². The lowest BCUT2D eigenvalue weighted by atomic mass is 9.75. The van der Waals surface area contributed by atoms with Crippen LogP contribution in [0.15, 0.2) is 0 Å². The fourth-order valence-electron chi connectivity index (χ4n) is 3.58. The van der Waals surface area contributed by atoms with Crippen LogP contribution >= 0.6 is 0 Å². The Labute approximate surface area is 120 Å². The van der Waals surface area contributed by atoms with Gasteiger partial charge < -0.3 is 14.9 Å². The van der Waals surface area contributed by atoms with Gasteiger partial charge in [0.15, 0.2) is 0 Å². The van der Waals surface area contributed by atoms with Crippen LogP contribution in [0, 0.1) is 11.8 Å². The highest BCUT2D eigenvalue weighted by atomic mass is 16.4. The second-order valence-corrected chi connectivity index (χ2v) is 6.24. The van der Waals surface area contributed by atoms with Crippen LogP contribution in [0.25, 0.3) is 0 Å². The lowest BCUT2D eigenvalue weighted by Crippen LogP contribution is -2.49. The summed E-state index contributed by atoms with van der Waals surface area (Å²) in [4.78, 5) is 26.5. The standard InChI is InChI=1S/C15H26N2O3/c1-16(9-4-7-14(18)19)15(20)17-10-8-12-5-2-3-6-13(12)11-17/h12-13H,2-11H2,1H3,(H,18,19). The van der Waals surface area contributed by atoms with Gasteiger partial charge in [-0.1, -0.05) is 19.3 Å². The third-order valence-corrected chi connectivity index (χ3v) is 4.77. The van der Waals surface area contributed by atoms with Crippen LogP contribution in [0.3, 0.4) is 0 Å². The molecule has 0 aromatic carbocycles. The van der Waals surface area contributed by atoms with E-state index in [1.165, 1.54) is 25.7 Å². The van der Waals surface area contributed by atoms with Crippen molar-refractivity contribution in [3.8, 4) is 0 Å². The summed E-state index contributed by atoms with van der Waals surface area (Å²) in [5.41, 5.74) is 0. The molecule has 2 aliphatic rings. The summed E-state index contributed by atoms with van der Waals surface area (Å²) in [5.74, 6) is 0.716. The fourth-order valence-corrected chi connectivity index (χ4v) is 3.58. The number of carboxylic acids is 1. The van der Waals surface area contributed by atoms with E-state index < -0.39 is 5.97 Å². The average molecular weight is 282 g/mol. The van der Waals surface area contributed by atoms with Gasteiger partial charge in [0, 0.05) is 33.1 Å². The molecule has 5 heteroatoms. The van der Waals surface area contributed by atoms with Crippen molar-refractivity contribution < 1.29 is 14.7 Å². The molecule has 1 saturated carbocycles. The largest absolute Gasteiger partial charge is 0.481 e. The number of likely N-dealkylation sites (tertiary alicyclic amines) is 1. The summed E-state index contributed by atoms with van der Waals surface area (Å²) in [5, 5.41) is 8.63. The van der Waals surface area contributed by atoms with E-state index in [0.29, 0.717) is 18.9 Å². The van der Waals surface area contributed by atoms with Crippen molar-refractivity contribution in [2.45, 2.75) is 44.9 Å². The molecule has 1 heterocycles. The highest BCUT2D eigenvalue weighted by Gasteiger charge is 2.33. The summed E-state index contributed by atoms with van der Waals surface area (Å²) < 4.78 is 0. The van der Waals surface area contributed by atoms with Gasteiger partial charge >= 0.3 is 12.0 Å². The SMILES string of the molecule is CN(CCCC(=O)O)C(=O)N1CCC2CCCCC2C1. The van der Waals surface area contributed by atoms with Crippen molar-refractivity contribution in [3.63, 3.8) is 0 Å². The maximum atomic E-state index is 12.4. The third kappa shape index (κ3) is 3.87. The van der Waals surface area contributed by atoms with Crippen molar-refractivity contribution in [3.05, 3.63) is 0 Å². The zero-order valence-electron chi connectivity index (χ0n) is 12.4. The molecular formula is C15H26N2O3. The third-order valence-electron chi connectivity index (χ3n) is 4.77. The molecule has 114 valence electrons. The van der Waals surface area contributed by atoms with Gasteiger partial charge in [-0.05, 0) is 31.1 Å². The van der Waals surface area contributed by atoms with E-state index in [1.54, 1.807) is 11.9 Å². The molecular weight excluding hydrogens is 256 g/mol. The topological polar surface area (TPSA) is 60.9 Å². The lowest BCUT2D eigenvalue weighted by molar-refractivity contribution is -0.137. The Kier molecular flexibility index (Phi) is 5.26. The van der Waals surface area contributed by atoms with E-state index >= 15 is 0 Å². The molecule has 2 unspecified atom stereocenters.